The predicted octanol–water partition coefficient (Wildman–Crippen LogP) is 2.84. The molecule has 0 unspecified atom stereocenters. The van der Waals surface area contributed by atoms with Gasteiger partial charge >= 0.3 is 12.1 Å². The number of hydrogen-bond acceptors (Lipinski definition) is 3. The van der Waals surface area contributed by atoms with Crippen LogP contribution in [0.3, 0.4) is 0 Å². The molecule has 8 heteroatoms. The average molecular weight is 329 g/mol. The maximum absolute atomic E-state index is 14.0. The molecule has 1 heterocycles. The zero-order valence-electron chi connectivity index (χ0n) is 11.9. The van der Waals surface area contributed by atoms with Crippen LogP contribution >= 0.6 is 0 Å². The summed E-state index contributed by atoms with van der Waals surface area (Å²) in [5, 5.41) is 0. The Morgan fingerprint density at radius 1 is 1.22 bits per heavy atom. The van der Waals surface area contributed by atoms with Crippen molar-refractivity contribution in [1.82, 2.24) is 4.57 Å². The van der Waals surface area contributed by atoms with E-state index < -0.39 is 35.6 Å². The van der Waals surface area contributed by atoms with Crippen LogP contribution in [0.4, 0.5) is 17.6 Å². The molecule has 2 aromatic rings. The van der Waals surface area contributed by atoms with E-state index in [0.29, 0.717) is 12.3 Å². The third-order valence-electron chi connectivity index (χ3n) is 3.13. The standard InChI is InChI=1S/C15H11F4NO3/c1-23-14(22)9-2-3-10(12(16)6-9)7-20-8-11(15(17,18)19)4-5-13(20)21/h2-6,8H,7H2,1H3. The number of carbonyl (C=O) groups excluding carboxylic acids is 1. The van der Waals surface area contributed by atoms with Gasteiger partial charge < -0.3 is 9.30 Å². The normalized spacial score (nSPS) is 11.3. The molecular formula is C15H11F4NO3. The fraction of sp³-hybridized carbons (Fsp3) is 0.200. The van der Waals surface area contributed by atoms with Crippen molar-refractivity contribution in [3.63, 3.8) is 0 Å². The van der Waals surface area contributed by atoms with Crippen LogP contribution in [-0.4, -0.2) is 17.6 Å². The van der Waals surface area contributed by atoms with Gasteiger partial charge in [-0.25, -0.2) is 9.18 Å². The van der Waals surface area contributed by atoms with E-state index in [4.69, 9.17) is 0 Å². The number of aromatic nitrogens is 1. The molecule has 0 aliphatic carbocycles. The molecule has 0 N–H and O–H groups in total. The van der Waals surface area contributed by atoms with E-state index in [9.17, 15) is 27.2 Å². The fourth-order valence-electron chi connectivity index (χ4n) is 1.93. The summed E-state index contributed by atoms with van der Waals surface area (Å²) in [6.45, 7) is -0.393. The summed E-state index contributed by atoms with van der Waals surface area (Å²) in [5.41, 5.74) is -1.78. The molecule has 0 bridgehead atoms. The highest BCUT2D eigenvalue weighted by molar-refractivity contribution is 5.89. The van der Waals surface area contributed by atoms with Gasteiger partial charge in [-0.1, -0.05) is 6.07 Å². The minimum absolute atomic E-state index is 0.0286. The van der Waals surface area contributed by atoms with Gasteiger partial charge in [-0.05, 0) is 18.2 Å². The third kappa shape index (κ3) is 3.77. The Balaban J connectivity index is 2.36. The Bertz CT molecular complexity index is 796. The van der Waals surface area contributed by atoms with E-state index in [1.807, 2.05) is 0 Å². The Morgan fingerprint density at radius 3 is 2.48 bits per heavy atom. The highest BCUT2D eigenvalue weighted by Gasteiger charge is 2.31. The van der Waals surface area contributed by atoms with Gasteiger partial charge in [-0.15, -0.1) is 0 Å². The minimum atomic E-state index is -4.61. The Kier molecular flexibility index (Phi) is 4.53. The molecule has 122 valence electrons. The van der Waals surface area contributed by atoms with Gasteiger partial charge in [0.15, 0.2) is 0 Å². The van der Waals surface area contributed by atoms with Crippen LogP contribution in [0.1, 0.15) is 21.5 Å². The molecule has 2 rings (SSSR count). The number of carbonyl (C=O) groups is 1. The van der Waals surface area contributed by atoms with Crippen molar-refractivity contribution in [2.75, 3.05) is 7.11 Å². The molecule has 0 saturated carbocycles. The molecule has 23 heavy (non-hydrogen) atoms. The van der Waals surface area contributed by atoms with Crippen LogP contribution in [0, 0.1) is 5.82 Å². The summed E-state index contributed by atoms with van der Waals surface area (Å²) in [4.78, 5) is 22.9. The van der Waals surface area contributed by atoms with E-state index >= 15 is 0 Å². The fourth-order valence-corrected chi connectivity index (χ4v) is 1.93. The van der Waals surface area contributed by atoms with E-state index in [-0.39, 0.29) is 11.1 Å². The molecule has 0 saturated heterocycles. The molecule has 1 aromatic carbocycles. The average Bonchev–Trinajstić information content (AvgIpc) is 2.49. The zero-order valence-corrected chi connectivity index (χ0v) is 11.9. The highest BCUT2D eigenvalue weighted by Crippen LogP contribution is 2.28. The van der Waals surface area contributed by atoms with Gasteiger partial charge in [0, 0.05) is 17.8 Å². The first-order valence-electron chi connectivity index (χ1n) is 6.37. The number of pyridine rings is 1. The molecule has 0 radical (unpaired) electrons. The van der Waals surface area contributed by atoms with Crippen LogP contribution in [0.2, 0.25) is 0 Å². The topological polar surface area (TPSA) is 48.3 Å². The number of halogens is 4. The van der Waals surface area contributed by atoms with E-state index in [1.54, 1.807) is 0 Å². The summed E-state index contributed by atoms with van der Waals surface area (Å²) in [5.74, 6) is -1.57. The molecule has 0 fully saturated rings. The number of esters is 1. The second-order valence-electron chi connectivity index (χ2n) is 4.68. The van der Waals surface area contributed by atoms with E-state index in [2.05, 4.69) is 4.74 Å². The summed E-state index contributed by atoms with van der Waals surface area (Å²) < 4.78 is 57.1. The number of alkyl halides is 3. The van der Waals surface area contributed by atoms with Gasteiger partial charge in [0.05, 0.1) is 24.8 Å². The maximum Gasteiger partial charge on any atom is 0.417 e. The monoisotopic (exact) mass is 329 g/mol. The molecule has 0 spiro atoms. The van der Waals surface area contributed by atoms with Crippen LogP contribution in [0.5, 0.6) is 0 Å². The second-order valence-corrected chi connectivity index (χ2v) is 4.68. The lowest BCUT2D eigenvalue weighted by molar-refractivity contribution is -0.138. The number of methoxy groups -OCH3 is 1. The first-order valence-corrected chi connectivity index (χ1v) is 6.37. The SMILES string of the molecule is COC(=O)c1ccc(Cn2cc(C(F)(F)F)ccc2=O)c(F)c1. The van der Waals surface area contributed by atoms with Crippen molar-refractivity contribution in [2.24, 2.45) is 0 Å². The Labute approximate surface area is 127 Å². The molecule has 4 nitrogen and oxygen atoms in total. The maximum atomic E-state index is 14.0. The Morgan fingerprint density at radius 2 is 1.91 bits per heavy atom. The number of ether oxygens (including phenoxy) is 1. The van der Waals surface area contributed by atoms with Gasteiger partial charge in [-0.3, -0.25) is 4.79 Å². The first kappa shape index (κ1) is 16.7. The lowest BCUT2D eigenvalue weighted by Gasteiger charge is -2.11. The summed E-state index contributed by atoms with van der Waals surface area (Å²) in [6.07, 6.45) is -3.99. The Hall–Kier alpha value is -2.64. The van der Waals surface area contributed by atoms with Crippen LogP contribution in [0.25, 0.3) is 0 Å². The zero-order chi connectivity index (χ0) is 17.2. The largest absolute Gasteiger partial charge is 0.465 e. The van der Waals surface area contributed by atoms with Gasteiger partial charge in [0.2, 0.25) is 0 Å². The van der Waals surface area contributed by atoms with E-state index in [1.165, 1.54) is 12.1 Å². The smallest absolute Gasteiger partial charge is 0.417 e. The number of benzene rings is 1. The van der Waals surface area contributed by atoms with Crippen molar-refractivity contribution in [2.45, 2.75) is 12.7 Å². The number of hydrogen-bond donors (Lipinski definition) is 0. The summed E-state index contributed by atoms with van der Waals surface area (Å²) in [6, 6.07) is 4.82. The van der Waals surface area contributed by atoms with Gasteiger partial charge in [-0.2, -0.15) is 13.2 Å². The predicted molar refractivity (Wildman–Crippen MR) is 72.5 cm³/mol. The molecular weight excluding hydrogens is 318 g/mol. The van der Waals surface area contributed by atoms with Crippen LogP contribution < -0.4 is 5.56 Å². The molecule has 0 amide bonds. The van der Waals surface area contributed by atoms with Crippen molar-refractivity contribution in [3.05, 3.63) is 69.4 Å². The minimum Gasteiger partial charge on any atom is -0.465 e. The number of nitrogens with zero attached hydrogens (tertiary/aromatic N) is 1. The lowest BCUT2D eigenvalue weighted by atomic mass is 10.1. The highest BCUT2D eigenvalue weighted by atomic mass is 19.4. The van der Waals surface area contributed by atoms with Crippen LogP contribution in [0.15, 0.2) is 41.3 Å². The molecule has 0 atom stereocenters. The first-order chi connectivity index (χ1) is 10.7. The van der Waals surface area contributed by atoms with Crippen molar-refractivity contribution in [3.8, 4) is 0 Å². The van der Waals surface area contributed by atoms with Gasteiger partial charge in [0.25, 0.3) is 5.56 Å². The number of rotatable bonds is 3. The lowest BCUT2D eigenvalue weighted by Crippen LogP contribution is -2.22. The molecule has 0 aliphatic rings. The summed E-state index contributed by atoms with van der Waals surface area (Å²) >= 11 is 0. The van der Waals surface area contributed by atoms with Gasteiger partial charge in [0.1, 0.15) is 5.82 Å². The van der Waals surface area contributed by atoms with Crippen molar-refractivity contribution in [1.29, 1.82) is 0 Å². The third-order valence-corrected chi connectivity index (χ3v) is 3.13. The van der Waals surface area contributed by atoms with Crippen molar-refractivity contribution >= 4 is 5.97 Å². The summed E-state index contributed by atoms with van der Waals surface area (Å²) in [7, 11) is 1.14. The quantitative estimate of drug-likeness (QED) is 0.643. The second kappa shape index (κ2) is 6.23. The molecule has 0 aliphatic heterocycles. The molecule has 1 aromatic heterocycles. The van der Waals surface area contributed by atoms with E-state index in [0.717, 1.165) is 23.8 Å². The van der Waals surface area contributed by atoms with Crippen molar-refractivity contribution < 1.29 is 27.1 Å². The van der Waals surface area contributed by atoms with Crippen LogP contribution in [-0.2, 0) is 17.5 Å².